The molecular weight excluding hydrogens is 346 g/mol. The van der Waals surface area contributed by atoms with Crippen LogP contribution in [0.3, 0.4) is 0 Å². The SMILES string of the molecule is CC(C)Oc1ccc(C(=O)ON2C(=O)c3ccccc3C2=O)c(Cl)c1. The van der Waals surface area contributed by atoms with Crippen LogP contribution in [0, 0.1) is 0 Å². The van der Waals surface area contributed by atoms with E-state index in [-0.39, 0.29) is 27.8 Å². The lowest BCUT2D eigenvalue weighted by atomic mass is 10.1. The zero-order chi connectivity index (χ0) is 18.1. The summed E-state index contributed by atoms with van der Waals surface area (Å²) in [5, 5.41) is 0.543. The lowest BCUT2D eigenvalue weighted by Gasteiger charge is -2.14. The van der Waals surface area contributed by atoms with Gasteiger partial charge in [-0.2, -0.15) is 0 Å². The van der Waals surface area contributed by atoms with Crippen molar-refractivity contribution in [2.24, 2.45) is 0 Å². The number of imide groups is 1. The molecule has 0 aromatic heterocycles. The summed E-state index contributed by atoms with van der Waals surface area (Å²) < 4.78 is 5.48. The molecule has 1 aliphatic rings. The van der Waals surface area contributed by atoms with Crippen molar-refractivity contribution in [3.8, 4) is 5.75 Å². The average molecular weight is 360 g/mol. The van der Waals surface area contributed by atoms with E-state index in [1.807, 2.05) is 13.8 Å². The Hall–Kier alpha value is -2.86. The molecule has 3 rings (SSSR count). The predicted octanol–water partition coefficient (Wildman–Crippen LogP) is 3.50. The molecule has 0 atom stereocenters. The zero-order valence-corrected chi connectivity index (χ0v) is 14.2. The van der Waals surface area contributed by atoms with Crippen LogP contribution in [0.1, 0.15) is 44.9 Å². The molecule has 0 unspecified atom stereocenters. The van der Waals surface area contributed by atoms with Crippen molar-refractivity contribution in [2.45, 2.75) is 20.0 Å². The van der Waals surface area contributed by atoms with Gasteiger partial charge in [-0.05, 0) is 44.2 Å². The number of amides is 2. The highest BCUT2D eigenvalue weighted by Crippen LogP contribution is 2.27. The van der Waals surface area contributed by atoms with Crippen LogP contribution < -0.4 is 4.74 Å². The summed E-state index contributed by atoms with van der Waals surface area (Å²) in [6, 6.07) is 10.7. The molecule has 0 fully saturated rings. The minimum absolute atomic E-state index is 0.0225. The summed E-state index contributed by atoms with van der Waals surface area (Å²) in [6.45, 7) is 3.72. The Morgan fingerprint density at radius 1 is 1.04 bits per heavy atom. The van der Waals surface area contributed by atoms with Crippen LogP contribution in [0.5, 0.6) is 5.75 Å². The van der Waals surface area contributed by atoms with Gasteiger partial charge in [-0.3, -0.25) is 9.59 Å². The highest BCUT2D eigenvalue weighted by Gasteiger charge is 2.39. The largest absolute Gasteiger partial charge is 0.491 e. The highest BCUT2D eigenvalue weighted by atomic mass is 35.5. The number of rotatable bonds is 4. The van der Waals surface area contributed by atoms with Crippen LogP contribution in [-0.2, 0) is 4.84 Å². The first-order chi connectivity index (χ1) is 11.9. The van der Waals surface area contributed by atoms with Crippen molar-refractivity contribution in [3.63, 3.8) is 0 Å². The second kappa shape index (κ2) is 6.57. The van der Waals surface area contributed by atoms with Gasteiger partial charge in [-0.15, -0.1) is 0 Å². The summed E-state index contributed by atoms with van der Waals surface area (Å²) in [7, 11) is 0. The van der Waals surface area contributed by atoms with Gasteiger partial charge < -0.3 is 9.57 Å². The van der Waals surface area contributed by atoms with E-state index in [1.165, 1.54) is 24.3 Å². The van der Waals surface area contributed by atoms with E-state index in [0.29, 0.717) is 10.8 Å². The van der Waals surface area contributed by atoms with E-state index in [4.69, 9.17) is 21.2 Å². The van der Waals surface area contributed by atoms with E-state index < -0.39 is 17.8 Å². The van der Waals surface area contributed by atoms with Crippen LogP contribution in [0.4, 0.5) is 0 Å². The number of ether oxygens (including phenoxy) is 1. The van der Waals surface area contributed by atoms with Crippen molar-refractivity contribution in [1.82, 2.24) is 5.06 Å². The van der Waals surface area contributed by atoms with E-state index in [0.717, 1.165) is 0 Å². The lowest BCUT2D eigenvalue weighted by molar-refractivity contribution is -0.0584. The number of nitrogens with zero attached hydrogens (tertiary/aromatic N) is 1. The first-order valence-corrected chi connectivity index (χ1v) is 7.92. The third kappa shape index (κ3) is 3.21. The first-order valence-electron chi connectivity index (χ1n) is 7.55. The summed E-state index contributed by atoms with van der Waals surface area (Å²) in [4.78, 5) is 41.7. The van der Waals surface area contributed by atoms with Gasteiger partial charge in [0.05, 0.1) is 27.8 Å². The molecule has 2 amide bonds. The number of hydrogen-bond donors (Lipinski definition) is 0. The number of carbonyl (C=O) groups excluding carboxylic acids is 3. The Bertz CT molecular complexity index is 843. The van der Waals surface area contributed by atoms with Gasteiger partial charge in [0, 0.05) is 0 Å². The minimum atomic E-state index is -0.907. The Balaban J connectivity index is 1.80. The van der Waals surface area contributed by atoms with Crippen LogP contribution in [0.15, 0.2) is 42.5 Å². The quantitative estimate of drug-likeness (QED) is 0.781. The van der Waals surface area contributed by atoms with Gasteiger partial charge in [0.1, 0.15) is 5.75 Å². The smallest absolute Gasteiger partial charge is 0.365 e. The number of benzene rings is 2. The Morgan fingerprint density at radius 3 is 2.16 bits per heavy atom. The second-order valence-corrected chi connectivity index (χ2v) is 6.04. The van der Waals surface area contributed by atoms with Crippen molar-refractivity contribution < 1.29 is 24.0 Å². The second-order valence-electron chi connectivity index (χ2n) is 5.64. The van der Waals surface area contributed by atoms with Gasteiger partial charge in [-0.1, -0.05) is 28.8 Å². The molecule has 2 aromatic carbocycles. The van der Waals surface area contributed by atoms with Gasteiger partial charge in [0.25, 0.3) is 11.8 Å². The van der Waals surface area contributed by atoms with Crippen molar-refractivity contribution in [3.05, 3.63) is 64.2 Å². The molecule has 0 saturated carbocycles. The summed E-state index contributed by atoms with van der Waals surface area (Å²) in [6.07, 6.45) is -0.0489. The monoisotopic (exact) mass is 359 g/mol. The molecule has 7 heteroatoms. The van der Waals surface area contributed by atoms with Crippen molar-refractivity contribution in [2.75, 3.05) is 0 Å². The van der Waals surface area contributed by atoms with Gasteiger partial charge in [0.2, 0.25) is 0 Å². The molecule has 0 N–H and O–H groups in total. The number of hydrogen-bond acceptors (Lipinski definition) is 5. The Kier molecular flexibility index (Phi) is 4.46. The normalized spacial score (nSPS) is 13.2. The average Bonchev–Trinajstić information content (AvgIpc) is 2.80. The first kappa shape index (κ1) is 17.0. The van der Waals surface area contributed by atoms with E-state index in [1.54, 1.807) is 18.2 Å². The molecular formula is C18H14ClNO5. The predicted molar refractivity (Wildman–Crippen MR) is 89.6 cm³/mol. The molecule has 0 spiro atoms. The van der Waals surface area contributed by atoms with Gasteiger partial charge in [0.15, 0.2) is 0 Å². The van der Waals surface area contributed by atoms with Crippen molar-refractivity contribution >= 4 is 29.4 Å². The van der Waals surface area contributed by atoms with Crippen molar-refractivity contribution in [1.29, 1.82) is 0 Å². The number of fused-ring (bicyclic) bond motifs is 1. The number of hydroxylamine groups is 2. The zero-order valence-electron chi connectivity index (χ0n) is 13.5. The molecule has 128 valence electrons. The topological polar surface area (TPSA) is 72.9 Å². The Morgan fingerprint density at radius 2 is 1.64 bits per heavy atom. The fraction of sp³-hybridized carbons (Fsp3) is 0.167. The fourth-order valence-electron chi connectivity index (χ4n) is 2.39. The van der Waals surface area contributed by atoms with E-state index in [9.17, 15) is 14.4 Å². The van der Waals surface area contributed by atoms with Gasteiger partial charge >= 0.3 is 5.97 Å². The maximum Gasteiger partial charge on any atom is 0.365 e. The maximum absolute atomic E-state index is 12.3. The molecule has 0 aliphatic carbocycles. The molecule has 0 radical (unpaired) electrons. The molecule has 25 heavy (non-hydrogen) atoms. The highest BCUT2D eigenvalue weighted by molar-refractivity contribution is 6.33. The number of carbonyl (C=O) groups is 3. The number of halogens is 1. The lowest BCUT2D eigenvalue weighted by Crippen LogP contribution is -2.32. The van der Waals surface area contributed by atoms with Crippen LogP contribution in [0.2, 0.25) is 5.02 Å². The van der Waals surface area contributed by atoms with E-state index >= 15 is 0 Å². The third-order valence-electron chi connectivity index (χ3n) is 3.46. The third-order valence-corrected chi connectivity index (χ3v) is 3.78. The molecule has 1 heterocycles. The fourth-order valence-corrected chi connectivity index (χ4v) is 2.64. The van der Waals surface area contributed by atoms with Crippen LogP contribution >= 0.6 is 11.6 Å². The van der Waals surface area contributed by atoms with Crippen LogP contribution in [0.25, 0.3) is 0 Å². The standard InChI is InChI=1S/C18H14ClNO5/c1-10(2)24-11-7-8-14(15(19)9-11)18(23)25-20-16(21)12-5-3-4-6-13(12)17(20)22/h3-10H,1-2H3. The molecule has 1 aliphatic heterocycles. The van der Waals surface area contributed by atoms with Gasteiger partial charge in [-0.25, -0.2) is 4.79 Å². The molecule has 0 saturated heterocycles. The Labute approximate surface area is 148 Å². The summed E-state index contributed by atoms with van der Waals surface area (Å²) in [5.41, 5.74) is 0.397. The summed E-state index contributed by atoms with van der Waals surface area (Å²) >= 11 is 6.09. The maximum atomic E-state index is 12.3. The van der Waals surface area contributed by atoms with E-state index in [2.05, 4.69) is 0 Å². The minimum Gasteiger partial charge on any atom is -0.491 e. The molecule has 6 nitrogen and oxygen atoms in total. The summed E-state index contributed by atoms with van der Waals surface area (Å²) in [5.74, 6) is -1.79. The molecule has 0 bridgehead atoms. The van der Waals surface area contributed by atoms with Crippen LogP contribution in [-0.4, -0.2) is 29.0 Å². The molecule has 2 aromatic rings.